The van der Waals surface area contributed by atoms with Crippen LogP contribution in [0.5, 0.6) is 11.8 Å². The predicted molar refractivity (Wildman–Crippen MR) is 161 cm³/mol. The van der Waals surface area contributed by atoms with Gasteiger partial charge in [0.05, 0.1) is 11.8 Å². The summed E-state index contributed by atoms with van der Waals surface area (Å²) in [7, 11) is 0. The molecule has 2 aromatic carbocycles. The lowest BCUT2D eigenvalue weighted by Gasteiger charge is -2.18. The van der Waals surface area contributed by atoms with Crippen molar-refractivity contribution >= 4 is 34.8 Å². The number of aromatic hydroxyl groups is 2. The molecule has 0 radical (unpaired) electrons. The molecule has 1 amide bonds. The topological polar surface area (TPSA) is 215 Å². The van der Waals surface area contributed by atoms with Gasteiger partial charge in [0, 0.05) is 23.9 Å². The lowest BCUT2D eigenvalue weighted by molar-refractivity contribution is -0.149. The van der Waals surface area contributed by atoms with Crippen LogP contribution in [0.25, 0.3) is 11.0 Å². The third kappa shape index (κ3) is 7.48. The number of hydrogen-bond acceptors (Lipinski definition) is 10. The van der Waals surface area contributed by atoms with Gasteiger partial charge in [-0.25, -0.2) is 9.59 Å². The number of esters is 1. The number of carbonyl (C=O) groups excluding carboxylic acids is 3. The molecule has 14 heteroatoms. The Morgan fingerprint density at radius 1 is 0.956 bits per heavy atom. The molecular weight excluding hydrogens is 584 g/mol. The van der Waals surface area contributed by atoms with Gasteiger partial charge in [-0.2, -0.15) is 4.98 Å². The fourth-order valence-corrected chi connectivity index (χ4v) is 4.64. The smallest absolute Gasteiger partial charge is 0.333 e. The fourth-order valence-electron chi connectivity index (χ4n) is 4.64. The van der Waals surface area contributed by atoms with E-state index in [1.807, 2.05) is 6.07 Å². The zero-order valence-electron chi connectivity index (χ0n) is 23.9. The van der Waals surface area contributed by atoms with E-state index in [1.54, 1.807) is 54.7 Å². The molecule has 0 spiro atoms. The quantitative estimate of drug-likeness (QED) is 0.113. The summed E-state index contributed by atoms with van der Waals surface area (Å²) in [6.07, 6.45) is 2.29. The molecule has 0 fully saturated rings. The van der Waals surface area contributed by atoms with E-state index in [-0.39, 0.29) is 36.5 Å². The van der Waals surface area contributed by atoms with Crippen molar-refractivity contribution in [3.63, 3.8) is 0 Å². The van der Waals surface area contributed by atoms with Crippen molar-refractivity contribution in [3.8, 4) is 11.8 Å². The number of benzene rings is 2. The molecule has 45 heavy (non-hydrogen) atoms. The number of aryl methyl sites for hydroxylation is 2. The maximum Gasteiger partial charge on any atom is 0.333 e. The molecule has 1 atom stereocenters. The van der Waals surface area contributed by atoms with Gasteiger partial charge < -0.3 is 35.8 Å². The number of hydrogen-bond donors (Lipinski definition) is 6. The zero-order valence-corrected chi connectivity index (χ0v) is 23.9. The van der Waals surface area contributed by atoms with E-state index < -0.39 is 35.6 Å². The monoisotopic (exact) mass is 614 g/mol. The van der Waals surface area contributed by atoms with Crippen molar-refractivity contribution in [2.45, 2.75) is 38.3 Å². The summed E-state index contributed by atoms with van der Waals surface area (Å²) in [6, 6.07) is 16.8. The van der Waals surface area contributed by atoms with Crippen LogP contribution in [0.1, 0.15) is 39.9 Å². The molecule has 0 saturated heterocycles. The van der Waals surface area contributed by atoms with Crippen LogP contribution >= 0.6 is 0 Å². The van der Waals surface area contributed by atoms with E-state index in [9.17, 15) is 29.4 Å². The number of nitrogen functional groups attached to an aromatic ring is 1. The van der Waals surface area contributed by atoms with Crippen LogP contribution in [-0.4, -0.2) is 53.8 Å². The molecular formula is C31H30N6O8. The zero-order chi connectivity index (χ0) is 31.9. The number of nitrogens with one attached hydrogen (secondary N) is 3. The summed E-state index contributed by atoms with van der Waals surface area (Å²) in [5.41, 5.74) is 8.37. The Hall–Kier alpha value is -6.05. The molecule has 0 unspecified atom stereocenters. The number of ether oxygens (including phenoxy) is 1. The minimum atomic E-state index is -1.21. The number of aromatic nitrogens is 4. The Kier molecular flexibility index (Phi) is 9.12. The Bertz CT molecular complexity index is 1860. The van der Waals surface area contributed by atoms with Gasteiger partial charge >= 0.3 is 11.9 Å². The summed E-state index contributed by atoms with van der Waals surface area (Å²) in [6.45, 7) is -0.0396. The highest BCUT2D eigenvalue weighted by molar-refractivity contribution is 5.97. The molecule has 3 aromatic heterocycles. The van der Waals surface area contributed by atoms with E-state index >= 15 is 0 Å². The number of anilines is 1. The highest BCUT2D eigenvalue weighted by atomic mass is 16.7. The molecule has 0 aliphatic heterocycles. The Morgan fingerprint density at radius 2 is 1.67 bits per heavy atom. The summed E-state index contributed by atoms with van der Waals surface area (Å²) in [5, 5.41) is 22.5. The number of rotatable bonds is 12. The van der Waals surface area contributed by atoms with Crippen LogP contribution in [0.4, 0.5) is 5.95 Å². The van der Waals surface area contributed by atoms with Crippen molar-refractivity contribution < 1.29 is 34.2 Å². The second kappa shape index (κ2) is 13.5. The molecule has 7 N–H and O–H groups in total. The lowest BCUT2D eigenvalue weighted by atomic mass is 10.0. The predicted octanol–water partition coefficient (Wildman–Crippen LogP) is 2.11. The van der Waals surface area contributed by atoms with Gasteiger partial charge in [0.1, 0.15) is 18.3 Å². The summed E-state index contributed by atoms with van der Waals surface area (Å²) < 4.78 is 5.94. The third-order valence-electron chi connectivity index (χ3n) is 6.98. The second-order valence-electron chi connectivity index (χ2n) is 10.2. The van der Waals surface area contributed by atoms with Crippen LogP contribution in [0.2, 0.25) is 0 Å². The van der Waals surface area contributed by atoms with Crippen molar-refractivity contribution in [2.75, 3.05) is 5.73 Å². The molecule has 5 aromatic rings. The van der Waals surface area contributed by atoms with Crippen molar-refractivity contribution in [2.24, 2.45) is 0 Å². The molecule has 14 nitrogen and oxygen atoms in total. The third-order valence-corrected chi connectivity index (χ3v) is 6.98. The van der Waals surface area contributed by atoms with Gasteiger partial charge in [-0.1, -0.05) is 42.5 Å². The van der Waals surface area contributed by atoms with Crippen molar-refractivity contribution in [1.29, 1.82) is 0 Å². The van der Waals surface area contributed by atoms with Crippen molar-refractivity contribution in [3.05, 3.63) is 106 Å². The first-order valence-electron chi connectivity index (χ1n) is 13.9. The number of fused-ring (bicyclic) bond motifs is 1. The molecule has 3 heterocycles. The van der Waals surface area contributed by atoms with Crippen LogP contribution in [-0.2, 0) is 33.8 Å². The highest BCUT2D eigenvalue weighted by Gasteiger charge is 2.25. The van der Waals surface area contributed by atoms with Crippen LogP contribution in [0.15, 0.2) is 77.7 Å². The van der Waals surface area contributed by atoms with Crippen LogP contribution < -0.4 is 21.4 Å². The van der Waals surface area contributed by atoms with Gasteiger partial charge in [-0.3, -0.25) is 14.6 Å². The van der Waals surface area contributed by atoms with Crippen LogP contribution in [0.3, 0.4) is 0 Å². The van der Waals surface area contributed by atoms with Gasteiger partial charge in [0.2, 0.25) is 17.7 Å². The van der Waals surface area contributed by atoms with E-state index in [0.717, 1.165) is 28.8 Å². The van der Waals surface area contributed by atoms with E-state index in [0.29, 0.717) is 28.6 Å². The largest absolute Gasteiger partial charge is 0.492 e. The number of carbonyl (C=O) groups is 3. The normalized spacial score (nSPS) is 11.6. The lowest BCUT2D eigenvalue weighted by Crippen LogP contribution is -2.42. The molecule has 0 bridgehead atoms. The average molecular weight is 615 g/mol. The SMILES string of the molecule is Nc1nc2[nH]cc(CCc3ccc(C(=O)N[C@@H](CCC(=O)On4c(O)ccc4O)C(=O)OCc4ccccc4)cc3)c2c(=O)[nH]1. The summed E-state index contributed by atoms with van der Waals surface area (Å²) in [4.78, 5) is 65.3. The number of H-pyrrole nitrogens is 2. The molecule has 0 saturated carbocycles. The van der Waals surface area contributed by atoms with E-state index in [1.165, 1.54) is 0 Å². The minimum Gasteiger partial charge on any atom is -0.492 e. The van der Waals surface area contributed by atoms with Gasteiger partial charge in [-0.15, -0.1) is 4.73 Å². The highest BCUT2D eigenvalue weighted by Crippen LogP contribution is 2.19. The van der Waals surface area contributed by atoms with E-state index in [2.05, 4.69) is 20.3 Å². The number of aromatic amines is 2. The Balaban J connectivity index is 1.22. The van der Waals surface area contributed by atoms with Gasteiger partial charge in [0.25, 0.3) is 11.5 Å². The Labute approximate surface area is 255 Å². The van der Waals surface area contributed by atoms with Crippen molar-refractivity contribution in [1.82, 2.24) is 25.0 Å². The number of amides is 1. The standard InChI is InChI=1S/C31H30N6O8/c32-31-35-27-26(29(42)36-31)21(16-33-27)11-8-18-6-9-20(10-7-18)28(41)34-22(30(43)44-17-19-4-2-1-3-5-19)12-15-25(40)45-37-23(38)13-14-24(37)39/h1-7,9-10,13-14,16,22,38-39H,8,11-12,15,17H2,(H,34,41)(H4,32,33,35,36,42)/t22-/m0/s1. The fraction of sp³-hybridized carbons (Fsp3) is 0.194. The maximum atomic E-state index is 13.1. The second-order valence-corrected chi connectivity index (χ2v) is 10.2. The van der Waals surface area contributed by atoms with Gasteiger partial charge in [-0.05, 0) is 48.1 Å². The number of nitrogens with two attached hydrogens (primary N) is 1. The number of nitrogens with zero attached hydrogens (tertiary/aromatic N) is 2. The molecule has 5 rings (SSSR count). The maximum absolute atomic E-state index is 13.1. The average Bonchev–Trinajstić information content (AvgIpc) is 3.59. The molecule has 0 aliphatic rings. The molecule has 0 aliphatic carbocycles. The molecule has 232 valence electrons. The first kappa shape index (κ1) is 30.4. The van der Waals surface area contributed by atoms with Gasteiger partial charge in [0.15, 0.2) is 0 Å². The first-order chi connectivity index (χ1) is 21.7. The summed E-state index contributed by atoms with van der Waals surface area (Å²) in [5.74, 6) is -3.15. The first-order valence-corrected chi connectivity index (χ1v) is 13.9. The van der Waals surface area contributed by atoms with Crippen LogP contribution in [0, 0.1) is 0 Å². The Morgan fingerprint density at radius 3 is 2.38 bits per heavy atom. The van der Waals surface area contributed by atoms with E-state index in [4.69, 9.17) is 15.3 Å². The minimum absolute atomic E-state index is 0.0268. The summed E-state index contributed by atoms with van der Waals surface area (Å²) >= 11 is 0.